The van der Waals surface area contributed by atoms with Gasteiger partial charge in [0, 0.05) is 21.8 Å². The quantitative estimate of drug-likeness (QED) is 0.690. The first-order valence-electron chi connectivity index (χ1n) is 9.19. The number of hydrogen-bond donors (Lipinski definition) is 1. The van der Waals surface area contributed by atoms with Crippen LogP contribution in [0.15, 0.2) is 53.4 Å². The second kappa shape index (κ2) is 9.27. The van der Waals surface area contributed by atoms with Crippen LogP contribution >= 0.6 is 23.2 Å². The SMILES string of the molecule is O=C(CN(C1CCCCC1)S(=O)(=O)c1ccccc1)Nc1cc(Cl)cc(Cl)c1. The maximum atomic E-state index is 13.2. The van der Waals surface area contributed by atoms with E-state index in [9.17, 15) is 13.2 Å². The summed E-state index contributed by atoms with van der Waals surface area (Å²) >= 11 is 11.9. The Morgan fingerprint density at radius 2 is 1.61 bits per heavy atom. The third kappa shape index (κ3) is 5.26. The molecule has 0 aliphatic heterocycles. The highest BCUT2D eigenvalue weighted by atomic mass is 35.5. The number of benzene rings is 2. The van der Waals surface area contributed by atoms with Gasteiger partial charge in [-0.15, -0.1) is 0 Å². The molecule has 0 saturated heterocycles. The molecular formula is C20H22Cl2N2O3S. The van der Waals surface area contributed by atoms with Crippen LogP contribution in [0.25, 0.3) is 0 Å². The van der Waals surface area contributed by atoms with Crippen molar-refractivity contribution in [1.29, 1.82) is 0 Å². The Bertz CT molecular complexity index is 909. The summed E-state index contributed by atoms with van der Waals surface area (Å²) in [5, 5.41) is 3.49. The molecule has 28 heavy (non-hydrogen) atoms. The second-order valence-electron chi connectivity index (χ2n) is 6.86. The summed E-state index contributed by atoms with van der Waals surface area (Å²) in [6, 6.07) is 12.8. The van der Waals surface area contributed by atoms with Gasteiger partial charge in [0.25, 0.3) is 0 Å². The van der Waals surface area contributed by atoms with Crippen LogP contribution in [0, 0.1) is 0 Å². The number of carbonyl (C=O) groups is 1. The normalized spacial score (nSPS) is 15.5. The minimum absolute atomic E-state index is 0.187. The Hall–Kier alpha value is -1.60. The van der Waals surface area contributed by atoms with Crippen molar-refractivity contribution < 1.29 is 13.2 Å². The summed E-state index contributed by atoms with van der Waals surface area (Å²) in [4.78, 5) is 12.9. The molecule has 2 aromatic carbocycles. The number of rotatable bonds is 6. The van der Waals surface area contributed by atoms with Gasteiger partial charge in [-0.2, -0.15) is 4.31 Å². The van der Waals surface area contributed by atoms with Crippen LogP contribution in [0.3, 0.4) is 0 Å². The number of nitrogens with one attached hydrogen (secondary N) is 1. The largest absolute Gasteiger partial charge is 0.325 e. The molecule has 0 radical (unpaired) electrons. The number of hydrogen-bond acceptors (Lipinski definition) is 3. The first-order chi connectivity index (χ1) is 13.4. The van der Waals surface area contributed by atoms with E-state index in [0.717, 1.165) is 32.1 Å². The molecule has 1 N–H and O–H groups in total. The Kier molecular flexibility index (Phi) is 6.99. The summed E-state index contributed by atoms with van der Waals surface area (Å²) in [5.41, 5.74) is 0.434. The number of halogens is 2. The number of anilines is 1. The fraction of sp³-hybridized carbons (Fsp3) is 0.350. The highest BCUT2D eigenvalue weighted by Gasteiger charge is 2.33. The first kappa shape index (κ1) is 21.1. The molecule has 150 valence electrons. The van der Waals surface area contributed by atoms with E-state index < -0.39 is 15.9 Å². The molecule has 1 aliphatic carbocycles. The topological polar surface area (TPSA) is 66.5 Å². The van der Waals surface area contributed by atoms with Gasteiger partial charge in [-0.3, -0.25) is 4.79 Å². The van der Waals surface area contributed by atoms with Gasteiger partial charge in [0.1, 0.15) is 0 Å². The van der Waals surface area contributed by atoms with Crippen molar-refractivity contribution in [3.05, 3.63) is 58.6 Å². The van der Waals surface area contributed by atoms with Crippen LogP contribution in [0.4, 0.5) is 5.69 Å². The lowest BCUT2D eigenvalue weighted by Gasteiger charge is -2.33. The van der Waals surface area contributed by atoms with E-state index in [0.29, 0.717) is 15.7 Å². The fourth-order valence-corrected chi connectivity index (χ4v) is 5.66. The Labute approximate surface area is 175 Å². The predicted octanol–water partition coefficient (Wildman–Crippen LogP) is 4.96. The average molecular weight is 441 g/mol. The van der Waals surface area contributed by atoms with Gasteiger partial charge >= 0.3 is 0 Å². The van der Waals surface area contributed by atoms with E-state index in [2.05, 4.69) is 5.32 Å². The molecule has 0 aromatic heterocycles. The van der Waals surface area contributed by atoms with Gasteiger partial charge in [-0.05, 0) is 43.2 Å². The molecule has 0 spiro atoms. The molecular weight excluding hydrogens is 419 g/mol. The maximum absolute atomic E-state index is 13.2. The third-order valence-electron chi connectivity index (χ3n) is 4.78. The van der Waals surface area contributed by atoms with Crippen LogP contribution < -0.4 is 5.32 Å². The monoisotopic (exact) mass is 440 g/mol. The molecule has 5 nitrogen and oxygen atoms in total. The minimum Gasteiger partial charge on any atom is -0.325 e. The molecule has 0 bridgehead atoms. The number of sulfonamides is 1. The number of amides is 1. The van der Waals surface area contributed by atoms with Crippen molar-refractivity contribution in [2.75, 3.05) is 11.9 Å². The molecule has 0 heterocycles. The molecule has 1 amide bonds. The van der Waals surface area contributed by atoms with Gasteiger partial charge in [-0.25, -0.2) is 8.42 Å². The van der Waals surface area contributed by atoms with E-state index >= 15 is 0 Å². The summed E-state index contributed by atoms with van der Waals surface area (Å²) in [6.45, 7) is -0.258. The van der Waals surface area contributed by atoms with E-state index in [1.54, 1.807) is 48.5 Å². The molecule has 8 heteroatoms. The van der Waals surface area contributed by atoms with Crippen LogP contribution in [0.1, 0.15) is 32.1 Å². The molecule has 1 fully saturated rings. The highest BCUT2D eigenvalue weighted by molar-refractivity contribution is 7.89. The zero-order valence-electron chi connectivity index (χ0n) is 15.3. The molecule has 3 rings (SSSR count). The van der Waals surface area contributed by atoms with Gasteiger partial charge in [0.2, 0.25) is 15.9 Å². The summed E-state index contributed by atoms with van der Waals surface area (Å²) in [5.74, 6) is -0.427. The predicted molar refractivity (Wildman–Crippen MR) is 112 cm³/mol. The van der Waals surface area contributed by atoms with E-state index in [-0.39, 0.29) is 17.5 Å². The van der Waals surface area contributed by atoms with Crippen molar-refractivity contribution in [3.8, 4) is 0 Å². The van der Waals surface area contributed by atoms with Crippen LogP contribution in [-0.4, -0.2) is 31.2 Å². The fourth-order valence-electron chi connectivity index (χ4n) is 3.48. The zero-order chi connectivity index (χ0) is 20.1. The van der Waals surface area contributed by atoms with Crippen LogP contribution in [0.5, 0.6) is 0 Å². The van der Waals surface area contributed by atoms with Crippen molar-refractivity contribution in [1.82, 2.24) is 4.31 Å². The lowest BCUT2D eigenvalue weighted by Crippen LogP contribution is -2.45. The Balaban J connectivity index is 1.83. The van der Waals surface area contributed by atoms with E-state index in [1.165, 1.54) is 4.31 Å². The summed E-state index contributed by atoms with van der Waals surface area (Å²) in [6.07, 6.45) is 4.50. The minimum atomic E-state index is -3.78. The Morgan fingerprint density at radius 3 is 2.21 bits per heavy atom. The third-order valence-corrected chi connectivity index (χ3v) is 7.13. The summed E-state index contributed by atoms with van der Waals surface area (Å²) < 4.78 is 27.8. The average Bonchev–Trinajstić information content (AvgIpc) is 2.66. The second-order valence-corrected chi connectivity index (χ2v) is 9.62. The summed E-state index contributed by atoms with van der Waals surface area (Å²) in [7, 11) is -3.78. The number of carbonyl (C=O) groups excluding carboxylic acids is 1. The molecule has 0 atom stereocenters. The van der Waals surface area contributed by atoms with Crippen molar-refractivity contribution >= 4 is 44.8 Å². The Morgan fingerprint density at radius 1 is 1.00 bits per heavy atom. The van der Waals surface area contributed by atoms with Crippen molar-refractivity contribution in [3.63, 3.8) is 0 Å². The van der Waals surface area contributed by atoms with Gasteiger partial charge in [0.05, 0.1) is 11.4 Å². The first-order valence-corrected chi connectivity index (χ1v) is 11.4. The number of nitrogens with zero attached hydrogens (tertiary/aromatic N) is 1. The van der Waals surface area contributed by atoms with Crippen molar-refractivity contribution in [2.45, 2.75) is 43.0 Å². The standard InChI is InChI=1S/C20H22Cl2N2O3S/c21-15-11-16(22)13-17(12-15)23-20(25)14-24(18-7-3-1-4-8-18)28(26,27)19-9-5-2-6-10-19/h2,5-6,9-13,18H,1,3-4,7-8,14H2,(H,23,25). The van der Waals surface area contributed by atoms with Gasteiger partial charge in [-0.1, -0.05) is 60.7 Å². The van der Waals surface area contributed by atoms with E-state index in [1.807, 2.05) is 0 Å². The van der Waals surface area contributed by atoms with Gasteiger partial charge < -0.3 is 5.32 Å². The van der Waals surface area contributed by atoms with Crippen LogP contribution in [-0.2, 0) is 14.8 Å². The van der Waals surface area contributed by atoms with Crippen molar-refractivity contribution in [2.24, 2.45) is 0 Å². The zero-order valence-corrected chi connectivity index (χ0v) is 17.6. The smallest absolute Gasteiger partial charge is 0.243 e. The molecule has 1 saturated carbocycles. The van der Waals surface area contributed by atoms with E-state index in [4.69, 9.17) is 23.2 Å². The molecule has 0 unspecified atom stereocenters. The lowest BCUT2D eigenvalue weighted by molar-refractivity contribution is -0.116. The van der Waals surface area contributed by atoms with Gasteiger partial charge in [0.15, 0.2) is 0 Å². The molecule has 1 aliphatic rings. The van der Waals surface area contributed by atoms with Crippen LogP contribution in [0.2, 0.25) is 10.0 Å². The maximum Gasteiger partial charge on any atom is 0.243 e. The highest BCUT2D eigenvalue weighted by Crippen LogP contribution is 2.28. The molecule has 2 aromatic rings. The lowest BCUT2D eigenvalue weighted by atomic mass is 9.95.